The molecular formula is C11H13BrO. The van der Waals surface area contributed by atoms with Crippen molar-refractivity contribution in [3.8, 4) is 0 Å². The number of halogens is 1. The first kappa shape index (κ1) is 10.5. The van der Waals surface area contributed by atoms with E-state index in [0.29, 0.717) is 6.42 Å². The number of alkyl halides is 1. The lowest BCUT2D eigenvalue weighted by Crippen LogP contribution is -2.01. The Balaban J connectivity index is 3.05. The zero-order chi connectivity index (χ0) is 9.84. The van der Waals surface area contributed by atoms with Crippen molar-refractivity contribution in [3.05, 3.63) is 34.9 Å². The number of hydrogen-bond donors (Lipinski definition) is 0. The van der Waals surface area contributed by atoms with E-state index in [4.69, 9.17) is 0 Å². The van der Waals surface area contributed by atoms with Crippen LogP contribution in [0.1, 0.15) is 23.6 Å². The van der Waals surface area contributed by atoms with E-state index in [1.807, 2.05) is 12.1 Å². The molecule has 1 aromatic rings. The predicted octanol–water partition coefficient (Wildman–Crippen LogP) is 3.02. The Labute approximate surface area is 87.3 Å². The molecule has 0 heterocycles. The number of carbonyl (C=O) groups is 1. The van der Waals surface area contributed by atoms with Crippen LogP contribution in [-0.2, 0) is 16.5 Å². The fourth-order valence-corrected chi connectivity index (χ4v) is 2.19. The van der Waals surface area contributed by atoms with Crippen LogP contribution in [-0.4, -0.2) is 5.78 Å². The van der Waals surface area contributed by atoms with Crippen LogP contribution in [0, 0.1) is 6.92 Å². The summed E-state index contributed by atoms with van der Waals surface area (Å²) in [5.74, 6) is 0.216. The van der Waals surface area contributed by atoms with Gasteiger partial charge in [-0.2, -0.15) is 0 Å². The molecule has 0 unspecified atom stereocenters. The van der Waals surface area contributed by atoms with Gasteiger partial charge in [0.25, 0.3) is 0 Å². The molecule has 70 valence electrons. The smallest absolute Gasteiger partial charge is 0.134 e. The van der Waals surface area contributed by atoms with Gasteiger partial charge in [0.15, 0.2) is 0 Å². The zero-order valence-corrected chi connectivity index (χ0v) is 9.52. The topological polar surface area (TPSA) is 17.1 Å². The number of aryl methyl sites for hydroxylation is 1. The minimum Gasteiger partial charge on any atom is -0.300 e. The molecule has 0 aromatic heterocycles. The van der Waals surface area contributed by atoms with E-state index in [-0.39, 0.29) is 5.78 Å². The summed E-state index contributed by atoms with van der Waals surface area (Å²) >= 11 is 3.44. The Morgan fingerprint density at radius 1 is 1.46 bits per heavy atom. The molecule has 0 saturated heterocycles. The van der Waals surface area contributed by atoms with Gasteiger partial charge in [-0.25, -0.2) is 0 Å². The largest absolute Gasteiger partial charge is 0.300 e. The van der Waals surface area contributed by atoms with Gasteiger partial charge in [0.05, 0.1) is 0 Å². The van der Waals surface area contributed by atoms with E-state index in [0.717, 1.165) is 10.9 Å². The van der Waals surface area contributed by atoms with Crippen LogP contribution < -0.4 is 0 Å². The van der Waals surface area contributed by atoms with E-state index < -0.39 is 0 Å². The van der Waals surface area contributed by atoms with Gasteiger partial charge in [0.2, 0.25) is 0 Å². The summed E-state index contributed by atoms with van der Waals surface area (Å²) < 4.78 is 0. The van der Waals surface area contributed by atoms with E-state index in [1.165, 1.54) is 11.1 Å². The monoisotopic (exact) mass is 240 g/mol. The molecule has 0 fully saturated rings. The molecule has 0 atom stereocenters. The minimum atomic E-state index is 0.216. The average Bonchev–Trinajstić information content (AvgIpc) is 2.03. The highest BCUT2D eigenvalue weighted by Crippen LogP contribution is 2.18. The number of Topliss-reactive ketones (excluding diaryl/α,β-unsaturated/α-hetero) is 1. The SMILES string of the molecule is CC(=O)Cc1cccc(C)c1CBr. The van der Waals surface area contributed by atoms with Crippen molar-refractivity contribution in [1.29, 1.82) is 0 Å². The Morgan fingerprint density at radius 3 is 2.69 bits per heavy atom. The second-order valence-electron chi connectivity index (χ2n) is 3.23. The Kier molecular flexibility index (Phi) is 3.67. The average molecular weight is 241 g/mol. The molecule has 1 rings (SSSR count). The van der Waals surface area contributed by atoms with Crippen molar-refractivity contribution in [3.63, 3.8) is 0 Å². The van der Waals surface area contributed by atoms with Gasteiger partial charge in [-0.05, 0) is 30.5 Å². The molecule has 0 N–H and O–H groups in total. The van der Waals surface area contributed by atoms with Gasteiger partial charge in [0.1, 0.15) is 5.78 Å². The molecule has 0 radical (unpaired) electrons. The fourth-order valence-electron chi connectivity index (χ4n) is 1.39. The van der Waals surface area contributed by atoms with Crippen molar-refractivity contribution in [2.24, 2.45) is 0 Å². The third kappa shape index (κ3) is 2.66. The molecule has 1 nitrogen and oxygen atoms in total. The van der Waals surface area contributed by atoms with Crippen molar-refractivity contribution in [1.82, 2.24) is 0 Å². The molecule has 0 amide bonds. The lowest BCUT2D eigenvalue weighted by Gasteiger charge is -2.08. The van der Waals surface area contributed by atoms with E-state index >= 15 is 0 Å². The molecule has 13 heavy (non-hydrogen) atoms. The van der Waals surface area contributed by atoms with Crippen LogP contribution >= 0.6 is 15.9 Å². The standard InChI is InChI=1S/C11H13BrO/c1-8-4-3-5-10(6-9(2)13)11(8)7-12/h3-5H,6-7H2,1-2H3. The Morgan fingerprint density at radius 2 is 2.15 bits per heavy atom. The number of benzene rings is 1. The second-order valence-corrected chi connectivity index (χ2v) is 3.79. The van der Waals surface area contributed by atoms with Crippen molar-refractivity contribution in [2.75, 3.05) is 0 Å². The summed E-state index contributed by atoms with van der Waals surface area (Å²) in [4.78, 5) is 11.0. The molecule has 0 bridgehead atoms. The maximum atomic E-state index is 11.0. The second kappa shape index (κ2) is 4.56. The van der Waals surface area contributed by atoms with E-state index in [9.17, 15) is 4.79 Å². The summed E-state index contributed by atoms with van der Waals surface area (Å²) in [6.07, 6.45) is 0.544. The first-order valence-corrected chi connectivity index (χ1v) is 5.40. The Hall–Kier alpha value is -0.630. The van der Waals surface area contributed by atoms with Gasteiger partial charge in [-0.1, -0.05) is 34.1 Å². The van der Waals surface area contributed by atoms with Crippen LogP contribution in [0.15, 0.2) is 18.2 Å². The van der Waals surface area contributed by atoms with Gasteiger partial charge in [-0.3, -0.25) is 4.79 Å². The third-order valence-corrected chi connectivity index (χ3v) is 2.64. The lowest BCUT2D eigenvalue weighted by molar-refractivity contribution is -0.116. The first-order valence-electron chi connectivity index (χ1n) is 4.28. The summed E-state index contributed by atoms with van der Waals surface area (Å²) in [6, 6.07) is 6.09. The van der Waals surface area contributed by atoms with Crippen LogP contribution in [0.2, 0.25) is 0 Å². The van der Waals surface area contributed by atoms with Gasteiger partial charge < -0.3 is 0 Å². The predicted molar refractivity (Wildman–Crippen MR) is 58.2 cm³/mol. The maximum absolute atomic E-state index is 11.0. The van der Waals surface area contributed by atoms with Crippen LogP contribution in [0.4, 0.5) is 0 Å². The van der Waals surface area contributed by atoms with Crippen molar-refractivity contribution >= 4 is 21.7 Å². The van der Waals surface area contributed by atoms with Gasteiger partial charge in [-0.15, -0.1) is 0 Å². The number of ketones is 1. The van der Waals surface area contributed by atoms with E-state index in [1.54, 1.807) is 6.92 Å². The Bertz CT molecular complexity index is 318. The molecular weight excluding hydrogens is 228 g/mol. The quantitative estimate of drug-likeness (QED) is 0.743. The van der Waals surface area contributed by atoms with Crippen LogP contribution in [0.25, 0.3) is 0 Å². The lowest BCUT2D eigenvalue weighted by atomic mass is 10.00. The molecule has 2 heteroatoms. The zero-order valence-electron chi connectivity index (χ0n) is 7.93. The summed E-state index contributed by atoms with van der Waals surface area (Å²) in [5.41, 5.74) is 3.64. The van der Waals surface area contributed by atoms with Gasteiger partial charge >= 0.3 is 0 Å². The molecule has 1 aromatic carbocycles. The molecule has 0 aliphatic heterocycles. The van der Waals surface area contributed by atoms with Gasteiger partial charge in [0, 0.05) is 11.8 Å². The van der Waals surface area contributed by atoms with E-state index in [2.05, 4.69) is 28.9 Å². The summed E-state index contributed by atoms with van der Waals surface area (Å²) in [7, 11) is 0. The molecule has 0 aliphatic rings. The minimum absolute atomic E-state index is 0.216. The maximum Gasteiger partial charge on any atom is 0.134 e. The van der Waals surface area contributed by atoms with Crippen molar-refractivity contribution in [2.45, 2.75) is 25.6 Å². The molecule has 0 aliphatic carbocycles. The number of rotatable bonds is 3. The molecule has 0 spiro atoms. The highest BCUT2D eigenvalue weighted by molar-refractivity contribution is 9.08. The number of hydrogen-bond acceptors (Lipinski definition) is 1. The third-order valence-electron chi connectivity index (χ3n) is 2.08. The van der Waals surface area contributed by atoms with Crippen LogP contribution in [0.5, 0.6) is 0 Å². The highest BCUT2D eigenvalue weighted by atomic mass is 79.9. The fraction of sp³-hybridized carbons (Fsp3) is 0.364. The number of carbonyl (C=O) groups excluding carboxylic acids is 1. The van der Waals surface area contributed by atoms with Crippen molar-refractivity contribution < 1.29 is 4.79 Å². The first-order chi connectivity index (χ1) is 6.15. The highest BCUT2D eigenvalue weighted by Gasteiger charge is 2.05. The summed E-state index contributed by atoms with van der Waals surface area (Å²) in [6.45, 7) is 3.70. The van der Waals surface area contributed by atoms with Crippen LogP contribution in [0.3, 0.4) is 0 Å². The normalized spacial score (nSPS) is 10.1. The molecule has 0 saturated carbocycles. The summed E-state index contributed by atoms with van der Waals surface area (Å²) in [5, 5.41) is 0.822.